The highest BCUT2D eigenvalue weighted by Crippen LogP contribution is 2.28. The van der Waals surface area contributed by atoms with Crippen molar-refractivity contribution >= 4 is 11.0 Å². The van der Waals surface area contributed by atoms with Gasteiger partial charge in [0.25, 0.3) is 0 Å². The molecule has 2 nitrogen and oxygen atoms in total. The molecule has 0 atom stereocenters. The Kier molecular flexibility index (Phi) is 2.33. The lowest BCUT2D eigenvalue weighted by molar-refractivity contribution is 1.10. The first-order valence-corrected chi connectivity index (χ1v) is 7.18. The van der Waals surface area contributed by atoms with Crippen LogP contribution in [0.15, 0.2) is 78.9 Å². The molecule has 4 aromatic rings. The highest BCUT2D eigenvalue weighted by molar-refractivity contribution is 5.83. The van der Waals surface area contributed by atoms with E-state index in [1.165, 1.54) is 0 Å². The Morgan fingerprint density at radius 3 is 2.32 bits per heavy atom. The highest BCUT2D eigenvalue weighted by Gasteiger charge is 2.13. The maximum absolute atomic E-state index is 7.53. The topological polar surface area (TPSA) is 17.8 Å². The number of aryl methyl sites for hydroxylation is 1. The van der Waals surface area contributed by atoms with E-state index in [9.17, 15) is 0 Å². The van der Waals surface area contributed by atoms with E-state index >= 15 is 0 Å². The summed E-state index contributed by atoms with van der Waals surface area (Å²) in [6.45, 7) is -2.10. The van der Waals surface area contributed by atoms with E-state index in [1.807, 2.05) is 66.7 Å². The van der Waals surface area contributed by atoms with Crippen LogP contribution in [0, 0.1) is 6.85 Å². The van der Waals surface area contributed by atoms with Crippen LogP contribution in [0.2, 0.25) is 0 Å². The molecule has 0 aliphatic carbocycles. The average molecular weight is 287 g/mol. The number of aromatic nitrogens is 2. The number of hydrogen-bond acceptors (Lipinski definition) is 1. The van der Waals surface area contributed by atoms with Gasteiger partial charge in [-0.25, -0.2) is 4.98 Å². The van der Waals surface area contributed by atoms with Crippen molar-refractivity contribution in [3.63, 3.8) is 0 Å². The monoisotopic (exact) mass is 287 g/mol. The summed E-state index contributed by atoms with van der Waals surface area (Å²) < 4.78 is 24.7. The summed E-state index contributed by atoms with van der Waals surface area (Å²) in [6.07, 6.45) is 0. The van der Waals surface area contributed by atoms with E-state index in [1.54, 1.807) is 12.1 Å². The predicted octanol–water partition coefficient (Wildman–Crippen LogP) is 5.00. The van der Waals surface area contributed by atoms with Crippen molar-refractivity contribution in [1.82, 2.24) is 9.55 Å². The van der Waals surface area contributed by atoms with Gasteiger partial charge in [-0.05, 0) is 31.1 Å². The fourth-order valence-corrected chi connectivity index (χ4v) is 2.68. The molecule has 1 aromatic heterocycles. The van der Waals surface area contributed by atoms with Crippen LogP contribution >= 0.6 is 0 Å². The van der Waals surface area contributed by atoms with Crippen molar-refractivity contribution in [3.05, 3.63) is 84.4 Å². The zero-order valence-electron chi connectivity index (χ0n) is 14.9. The maximum Gasteiger partial charge on any atom is 0.145 e. The van der Waals surface area contributed by atoms with E-state index in [0.29, 0.717) is 5.56 Å². The van der Waals surface area contributed by atoms with Crippen molar-refractivity contribution in [2.45, 2.75) is 6.85 Å². The van der Waals surface area contributed by atoms with Crippen LogP contribution in [0.25, 0.3) is 28.1 Å². The Balaban J connectivity index is 1.93. The van der Waals surface area contributed by atoms with Gasteiger partial charge >= 0.3 is 0 Å². The second kappa shape index (κ2) is 5.15. The normalized spacial score (nSPS) is 13.5. The van der Waals surface area contributed by atoms with Gasteiger partial charge in [0.2, 0.25) is 0 Å². The van der Waals surface area contributed by atoms with Crippen molar-refractivity contribution in [3.8, 4) is 17.1 Å². The molecule has 0 spiro atoms. The maximum atomic E-state index is 7.53. The first-order valence-electron chi connectivity index (χ1n) is 8.68. The third-order valence-corrected chi connectivity index (χ3v) is 3.72. The van der Waals surface area contributed by atoms with Gasteiger partial charge in [-0.3, -0.25) is 4.57 Å². The van der Waals surface area contributed by atoms with Crippen LogP contribution in [0.5, 0.6) is 0 Å². The van der Waals surface area contributed by atoms with E-state index in [4.69, 9.17) is 9.10 Å². The number of benzene rings is 3. The molecule has 3 aromatic carbocycles. The largest absolute Gasteiger partial charge is 0.292 e. The van der Waals surface area contributed by atoms with Crippen molar-refractivity contribution in [2.24, 2.45) is 0 Å². The molecule has 0 N–H and O–H groups in total. The van der Waals surface area contributed by atoms with Crippen molar-refractivity contribution in [2.75, 3.05) is 0 Å². The number of hydrogen-bond donors (Lipinski definition) is 0. The lowest BCUT2D eigenvalue weighted by Crippen LogP contribution is -1.97. The van der Waals surface area contributed by atoms with Crippen LogP contribution in [0.1, 0.15) is 9.68 Å². The Morgan fingerprint density at radius 2 is 1.55 bits per heavy atom. The summed E-state index contributed by atoms with van der Waals surface area (Å²) in [5, 5.41) is 0. The third-order valence-electron chi connectivity index (χ3n) is 3.72. The van der Waals surface area contributed by atoms with Gasteiger partial charge in [0.15, 0.2) is 0 Å². The molecule has 0 saturated heterocycles. The Bertz CT molecular complexity index is 1020. The Morgan fingerprint density at radius 1 is 0.818 bits per heavy atom. The van der Waals surface area contributed by atoms with E-state index < -0.39 is 6.85 Å². The molecule has 0 aliphatic heterocycles. The number of fused-ring (bicyclic) bond motifs is 1. The molecule has 0 unspecified atom stereocenters. The van der Waals surface area contributed by atoms with E-state index in [2.05, 4.69) is 4.57 Å². The standard InChI is InChI=1S/C20H16N2/c1-15-11-13-16(14-12-15)20-21-18-9-5-6-10-19(18)22(20)17-7-3-2-4-8-17/h2-14H,1H3/i1D3. The minimum absolute atomic E-state index is 0.332. The Hall–Kier alpha value is -2.87. The molecule has 0 saturated carbocycles. The third kappa shape index (κ3) is 2.09. The summed E-state index contributed by atoms with van der Waals surface area (Å²) in [7, 11) is 0. The zero-order chi connectivity index (χ0) is 17.4. The number of para-hydroxylation sites is 3. The highest BCUT2D eigenvalue weighted by atomic mass is 15.1. The van der Waals surface area contributed by atoms with Crippen LogP contribution in [0.3, 0.4) is 0 Å². The first kappa shape index (κ1) is 9.96. The number of rotatable bonds is 2. The molecule has 1 heterocycles. The second-order valence-electron chi connectivity index (χ2n) is 5.17. The quantitative estimate of drug-likeness (QED) is 0.507. The van der Waals surface area contributed by atoms with Crippen LogP contribution < -0.4 is 0 Å². The lowest BCUT2D eigenvalue weighted by Gasteiger charge is -2.09. The molecule has 0 fully saturated rings. The molecular weight excluding hydrogens is 268 g/mol. The second-order valence-corrected chi connectivity index (χ2v) is 5.17. The molecular formula is C20H16N2. The van der Waals surface area contributed by atoms with Gasteiger partial charge < -0.3 is 0 Å². The zero-order valence-corrected chi connectivity index (χ0v) is 11.9. The van der Waals surface area contributed by atoms with E-state index in [-0.39, 0.29) is 0 Å². The SMILES string of the molecule is [2H]C([2H])([2H])c1ccc(-c2nc3ccccc3n2-c2ccccc2)cc1. The average Bonchev–Trinajstić information content (AvgIpc) is 3.01. The van der Waals surface area contributed by atoms with Crippen molar-refractivity contribution < 1.29 is 4.11 Å². The number of nitrogens with zero attached hydrogens (tertiary/aromatic N) is 2. The fourth-order valence-electron chi connectivity index (χ4n) is 2.68. The molecule has 0 aliphatic rings. The molecule has 0 amide bonds. The summed E-state index contributed by atoms with van der Waals surface area (Å²) in [6, 6.07) is 25.0. The van der Waals surface area contributed by atoms with Gasteiger partial charge in [0, 0.05) is 15.4 Å². The van der Waals surface area contributed by atoms with Gasteiger partial charge in [-0.2, -0.15) is 0 Å². The minimum Gasteiger partial charge on any atom is -0.292 e. The van der Waals surface area contributed by atoms with Gasteiger partial charge in [0.1, 0.15) is 5.82 Å². The number of imidazole rings is 1. The Labute approximate surface area is 133 Å². The summed E-state index contributed by atoms with van der Waals surface area (Å²) >= 11 is 0. The van der Waals surface area contributed by atoms with Gasteiger partial charge in [0.05, 0.1) is 11.0 Å². The van der Waals surface area contributed by atoms with Gasteiger partial charge in [-0.1, -0.05) is 60.2 Å². The summed E-state index contributed by atoms with van der Waals surface area (Å²) in [5.74, 6) is 0.796. The minimum atomic E-state index is -2.10. The fraction of sp³-hybridized carbons (Fsp3) is 0.0500. The summed E-state index contributed by atoms with van der Waals surface area (Å²) in [4.78, 5) is 4.77. The molecule has 106 valence electrons. The molecule has 0 bridgehead atoms. The molecule has 0 radical (unpaired) electrons. The predicted molar refractivity (Wildman–Crippen MR) is 91.2 cm³/mol. The van der Waals surface area contributed by atoms with Crippen LogP contribution in [-0.4, -0.2) is 9.55 Å². The molecule has 2 heteroatoms. The van der Waals surface area contributed by atoms with Crippen LogP contribution in [0.4, 0.5) is 0 Å². The van der Waals surface area contributed by atoms with E-state index in [0.717, 1.165) is 28.1 Å². The van der Waals surface area contributed by atoms with Crippen LogP contribution in [-0.2, 0) is 0 Å². The first-order chi connectivity index (χ1) is 12.0. The smallest absolute Gasteiger partial charge is 0.145 e. The van der Waals surface area contributed by atoms with Gasteiger partial charge in [-0.15, -0.1) is 0 Å². The molecule has 4 rings (SSSR count). The van der Waals surface area contributed by atoms with Crippen molar-refractivity contribution in [1.29, 1.82) is 0 Å². The molecule has 22 heavy (non-hydrogen) atoms. The lowest BCUT2D eigenvalue weighted by atomic mass is 10.1. The summed E-state index contributed by atoms with van der Waals surface area (Å²) in [5.41, 5.74) is 4.16.